The number of halogens is 2. The summed E-state index contributed by atoms with van der Waals surface area (Å²) in [4.78, 5) is 17.7. The van der Waals surface area contributed by atoms with E-state index in [1.54, 1.807) is 25.3 Å². The van der Waals surface area contributed by atoms with Crippen LogP contribution < -0.4 is 14.8 Å². The summed E-state index contributed by atoms with van der Waals surface area (Å²) < 4.78 is 12.5. The molecule has 0 bridgehead atoms. The molecule has 1 fully saturated rings. The molecule has 1 saturated heterocycles. The van der Waals surface area contributed by atoms with Gasteiger partial charge in [0, 0.05) is 4.47 Å². The van der Waals surface area contributed by atoms with Crippen LogP contribution in [0.25, 0.3) is 6.08 Å². The number of aliphatic imine (C=N–C) groups is 1. The molecule has 4 rings (SSSR count). The van der Waals surface area contributed by atoms with Gasteiger partial charge < -0.3 is 14.8 Å². The van der Waals surface area contributed by atoms with Gasteiger partial charge in [0.1, 0.15) is 6.61 Å². The van der Waals surface area contributed by atoms with Crippen LogP contribution in [0, 0.1) is 13.8 Å². The Balaban J connectivity index is 1.55. The summed E-state index contributed by atoms with van der Waals surface area (Å²) >= 11 is 11.4. The van der Waals surface area contributed by atoms with E-state index in [2.05, 4.69) is 26.2 Å². The number of nitrogens with zero attached hydrogens (tertiary/aromatic N) is 1. The number of hydrogen-bond donors (Lipinski definition) is 1. The zero-order valence-corrected chi connectivity index (χ0v) is 22.0. The highest BCUT2D eigenvalue weighted by atomic mass is 79.9. The Kier molecular flexibility index (Phi) is 7.66. The maximum atomic E-state index is 12.6. The van der Waals surface area contributed by atoms with Crippen LogP contribution in [0.2, 0.25) is 5.02 Å². The molecule has 1 heterocycles. The molecule has 1 N–H and O–H groups in total. The van der Waals surface area contributed by atoms with Gasteiger partial charge in [-0.3, -0.25) is 4.79 Å². The van der Waals surface area contributed by atoms with Crippen molar-refractivity contribution in [2.45, 2.75) is 20.5 Å². The average molecular weight is 558 g/mol. The second kappa shape index (κ2) is 10.7. The molecule has 3 aromatic carbocycles. The van der Waals surface area contributed by atoms with Crippen LogP contribution in [0.4, 0.5) is 5.69 Å². The number of amides is 1. The number of nitrogens with one attached hydrogen (secondary N) is 1. The average Bonchev–Trinajstić information content (AvgIpc) is 3.15. The first kappa shape index (κ1) is 24.4. The van der Waals surface area contributed by atoms with Crippen molar-refractivity contribution in [2.75, 3.05) is 7.11 Å². The van der Waals surface area contributed by atoms with Gasteiger partial charge in [0.2, 0.25) is 0 Å². The Bertz CT molecular complexity index is 1290. The summed E-state index contributed by atoms with van der Waals surface area (Å²) in [5.74, 6) is 0.740. The number of rotatable bonds is 6. The van der Waals surface area contributed by atoms with Gasteiger partial charge in [-0.25, -0.2) is 4.99 Å². The Morgan fingerprint density at radius 2 is 1.82 bits per heavy atom. The first-order valence-corrected chi connectivity index (χ1v) is 12.4. The fourth-order valence-corrected chi connectivity index (χ4v) is 4.77. The molecule has 0 radical (unpaired) electrons. The van der Waals surface area contributed by atoms with Crippen molar-refractivity contribution in [3.05, 3.63) is 91.3 Å². The highest BCUT2D eigenvalue weighted by Gasteiger charge is 2.24. The minimum Gasteiger partial charge on any atom is -0.493 e. The van der Waals surface area contributed by atoms with Gasteiger partial charge in [0.15, 0.2) is 16.7 Å². The molecule has 34 heavy (non-hydrogen) atoms. The number of aryl methyl sites for hydroxylation is 2. The predicted molar refractivity (Wildman–Crippen MR) is 143 cm³/mol. The smallest absolute Gasteiger partial charge is 0.264 e. The summed E-state index contributed by atoms with van der Waals surface area (Å²) in [6.07, 6.45) is 1.76. The maximum absolute atomic E-state index is 12.6. The number of hydrogen-bond acceptors (Lipinski definition) is 5. The molecule has 0 aliphatic carbocycles. The minimum atomic E-state index is -0.214. The molecule has 1 amide bonds. The van der Waals surface area contributed by atoms with Gasteiger partial charge in [-0.15, -0.1) is 0 Å². The largest absolute Gasteiger partial charge is 0.493 e. The third-order valence-corrected chi connectivity index (χ3v) is 7.52. The van der Waals surface area contributed by atoms with Crippen LogP contribution in [0.1, 0.15) is 22.3 Å². The predicted octanol–water partition coefficient (Wildman–Crippen LogP) is 7.20. The van der Waals surface area contributed by atoms with Crippen molar-refractivity contribution < 1.29 is 14.3 Å². The standard InChI is InChI=1S/C26H22BrClN2O3S/c1-15-9-19(10-16(2)23(15)27)29-26-30-25(31)22(34-26)13-18-11-20(28)24(21(12-18)32-3)33-14-17-7-5-4-6-8-17/h4-13H,14H2,1-3H3,(H,29,30,31)/b22-13-. The van der Waals surface area contributed by atoms with Crippen LogP contribution in [0.5, 0.6) is 11.5 Å². The molecule has 174 valence electrons. The summed E-state index contributed by atoms with van der Waals surface area (Å²) in [7, 11) is 1.56. The Morgan fingerprint density at radius 1 is 1.12 bits per heavy atom. The molecule has 5 nitrogen and oxygen atoms in total. The van der Waals surface area contributed by atoms with Gasteiger partial charge in [-0.1, -0.05) is 57.9 Å². The fraction of sp³-hybridized carbons (Fsp3) is 0.154. The van der Waals surface area contributed by atoms with E-state index in [0.717, 1.165) is 32.4 Å². The molecular weight excluding hydrogens is 536 g/mol. The number of ether oxygens (including phenoxy) is 2. The molecule has 0 aromatic heterocycles. The van der Waals surface area contributed by atoms with Gasteiger partial charge in [-0.2, -0.15) is 0 Å². The highest BCUT2D eigenvalue weighted by Crippen LogP contribution is 2.38. The van der Waals surface area contributed by atoms with E-state index in [1.165, 1.54) is 11.8 Å². The third-order valence-electron chi connectivity index (χ3n) is 5.08. The van der Waals surface area contributed by atoms with Crippen LogP contribution in [-0.2, 0) is 11.4 Å². The second-order valence-electron chi connectivity index (χ2n) is 7.68. The number of methoxy groups -OCH3 is 1. The molecule has 0 unspecified atom stereocenters. The quantitative estimate of drug-likeness (QED) is 0.326. The van der Waals surface area contributed by atoms with Crippen LogP contribution in [0.3, 0.4) is 0 Å². The van der Waals surface area contributed by atoms with E-state index in [-0.39, 0.29) is 5.91 Å². The lowest BCUT2D eigenvalue weighted by Crippen LogP contribution is -2.19. The van der Waals surface area contributed by atoms with Crippen molar-refractivity contribution in [3.63, 3.8) is 0 Å². The lowest BCUT2D eigenvalue weighted by Gasteiger charge is -2.13. The summed E-state index contributed by atoms with van der Waals surface area (Å²) in [6.45, 7) is 4.39. The highest BCUT2D eigenvalue weighted by molar-refractivity contribution is 9.10. The SMILES string of the molecule is COc1cc(/C=C2\SC(=Nc3cc(C)c(Br)c(C)c3)NC2=O)cc(Cl)c1OCc1ccccc1. The molecular formula is C26H22BrClN2O3S. The maximum Gasteiger partial charge on any atom is 0.264 e. The number of amidine groups is 1. The van der Waals surface area contributed by atoms with Gasteiger partial charge in [-0.05, 0) is 78.2 Å². The van der Waals surface area contributed by atoms with Crippen molar-refractivity contribution >= 4 is 62.1 Å². The van der Waals surface area contributed by atoms with Gasteiger partial charge >= 0.3 is 0 Å². The first-order chi connectivity index (χ1) is 16.3. The van der Waals surface area contributed by atoms with Crippen LogP contribution in [0.15, 0.2) is 69.0 Å². The van der Waals surface area contributed by atoms with Crippen LogP contribution >= 0.6 is 39.3 Å². The zero-order chi connectivity index (χ0) is 24.2. The second-order valence-corrected chi connectivity index (χ2v) is 9.91. The summed E-state index contributed by atoms with van der Waals surface area (Å²) in [5, 5.41) is 3.75. The van der Waals surface area contributed by atoms with Gasteiger partial charge in [0.05, 0.1) is 22.7 Å². The van der Waals surface area contributed by atoms with Crippen molar-refractivity contribution in [2.24, 2.45) is 4.99 Å². The Labute approximate surface area is 216 Å². The Hall–Kier alpha value is -2.74. The number of benzene rings is 3. The minimum absolute atomic E-state index is 0.214. The molecule has 0 saturated carbocycles. The molecule has 8 heteroatoms. The topological polar surface area (TPSA) is 59.9 Å². The number of thioether (sulfide) groups is 1. The van der Waals surface area contributed by atoms with Crippen LogP contribution in [-0.4, -0.2) is 18.2 Å². The van der Waals surface area contributed by atoms with E-state index in [9.17, 15) is 4.79 Å². The molecule has 0 atom stereocenters. The first-order valence-electron chi connectivity index (χ1n) is 10.4. The molecule has 1 aliphatic rings. The third kappa shape index (κ3) is 5.66. The lowest BCUT2D eigenvalue weighted by atomic mass is 10.1. The molecule has 1 aliphatic heterocycles. The molecule has 0 spiro atoms. The number of carbonyl (C=O) groups excluding carboxylic acids is 1. The van der Waals surface area contributed by atoms with Crippen molar-refractivity contribution in [1.82, 2.24) is 5.32 Å². The van der Waals surface area contributed by atoms with Crippen molar-refractivity contribution in [1.29, 1.82) is 0 Å². The summed E-state index contributed by atoms with van der Waals surface area (Å²) in [6, 6.07) is 17.3. The Morgan fingerprint density at radius 3 is 2.50 bits per heavy atom. The molecule has 3 aromatic rings. The van der Waals surface area contributed by atoms with Crippen molar-refractivity contribution in [3.8, 4) is 11.5 Å². The zero-order valence-electron chi connectivity index (χ0n) is 18.8. The van der Waals surface area contributed by atoms with Gasteiger partial charge in [0.25, 0.3) is 5.91 Å². The number of carbonyl (C=O) groups is 1. The van der Waals surface area contributed by atoms with E-state index in [0.29, 0.717) is 33.2 Å². The van der Waals surface area contributed by atoms with E-state index in [1.807, 2.05) is 56.3 Å². The normalized spacial score (nSPS) is 15.6. The van der Waals surface area contributed by atoms with E-state index < -0.39 is 0 Å². The lowest BCUT2D eigenvalue weighted by molar-refractivity contribution is -0.115. The summed E-state index contributed by atoms with van der Waals surface area (Å²) in [5.41, 5.74) is 4.70. The van der Waals surface area contributed by atoms with E-state index >= 15 is 0 Å². The monoisotopic (exact) mass is 556 g/mol. The fourth-order valence-electron chi connectivity index (χ4n) is 3.43. The van der Waals surface area contributed by atoms with E-state index in [4.69, 9.17) is 21.1 Å².